The molecule has 0 saturated heterocycles. The first-order valence-corrected chi connectivity index (χ1v) is 15.3. The lowest BCUT2D eigenvalue weighted by Gasteiger charge is -2.22. The van der Waals surface area contributed by atoms with Crippen molar-refractivity contribution in [3.8, 4) is 34.1 Å². The van der Waals surface area contributed by atoms with Gasteiger partial charge in [0, 0.05) is 34.0 Å². The number of rotatable bonds is 4. The van der Waals surface area contributed by atoms with E-state index < -0.39 is 0 Å². The number of aryl methyl sites for hydroxylation is 1. The number of hydrogen-bond acceptors (Lipinski definition) is 2. The average molecular weight is 583 g/mol. The van der Waals surface area contributed by atoms with Gasteiger partial charge in [0.25, 0.3) is 0 Å². The standard InChI is InChI=1S/C40H30N4O/c1-40(2)33-15-6-4-13-29(33)32-24-41-39(23-34(32)40)44-35-16-7-5-14-30(35)31-20-19-28(22-38(31)44)45-27-12-10-11-26(21-27)43-25-42(3)36-17-8-9-18-37(36)43/h4-24H,1-3H3. The molecule has 3 aromatic heterocycles. The second-order valence-corrected chi connectivity index (χ2v) is 12.4. The topological polar surface area (TPSA) is 35.9 Å². The van der Waals surface area contributed by atoms with Crippen LogP contribution in [0.2, 0.25) is 0 Å². The first-order valence-electron chi connectivity index (χ1n) is 15.3. The Bertz CT molecular complexity index is 2460. The third-order valence-corrected chi connectivity index (χ3v) is 9.37. The van der Waals surface area contributed by atoms with Crippen molar-refractivity contribution in [3.63, 3.8) is 0 Å². The number of hydrogen-bond donors (Lipinski definition) is 0. The summed E-state index contributed by atoms with van der Waals surface area (Å²) < 4.78 is 12.9. The molecule has 8 aromatic rings. The molecule has 0 unspecified atom stereocenters. The highest BCUT2D eigenvalue weighted by Crippen LogP contribution is 2.49. The van der Waals surface area contributed by atoms with Gasteiger partial charge in [0.15, 0.2) is 0 Å². The molecule has 45 heavy (non-hydrogen) atoms. The van der Waals surface area contributed by atoms with Gasteiger partial charge in [-0.15, -0.1) is 0 Å². The minimum Gasteiger partial charge on any atom is -0.458 e. The number of nitrogens with zero attached hydrogens (tertiary/aromatic N) is 4. The molecule has 1 aliphatic carbocycles. The van der Waals surface area contributed by atoms with Crippen molar-refractivity contribution in [3.05, 3.63) is 145 Å². The predicted molar refractivity (Wildman–Crippen MR) is 180 cm³/mol. The molecule has 5 aromatic carbocycles. The van der Waals surface area contributed by atoms with Crippen LogP contribution in [0, 0.1) is 6.33 Å². The lowest BCUT2D eigenvalue weighted by atomic mass is 9.83. The van der Waals surface area contributed by atoms with E-state index in [4.69, 9.17) is 9.72 Å². The fourth-order valence-electron chi connectivity index (χ4n) is 7.18. The van der Waals surface area contributed by atoms with Crippen molar-refractivity contribution in [1.29, 1.82) is 0 Å². The molecule has 0 saturated carbocycles. The van der Waals surface area contributed by atoms with E-state index in [9.17, 15) is 0 Å². The molecule has 0 radical (unpaired) electrons. The Morgan fingerprint density at radius 2 is 1.42 bits per heavy atom. The Labute approximate surface area is 261 Å². The van der Waals surface area contributed by atoms with Gasteiger partial charge in [0.05, 0.1) is 34.8 Å². The number of fused-ring (bicyclic) bond motifs is 7. The van der Waals surface area contributed by atoms with Gasteiger partial charge < -0.3 is 13.9 Å². The number of benzene rings is 5. The maximum atomic E-state index is 6.54. The summed E-state index contributed by atoms with van der Waals surface area (Å²) in [6.07, 6.45) is 5.47. The lowest BCUT2D eigenvalue weighted by Crippen LogP contribution is -2.26. The highest BCUT2D eigenvalue weighted by molar-refractivity contribution is 6.09. The van der Waals surface area contributed by atoms with Crippen molar-refractivity contribution >= 4 is 32.8 Å². The van der Waals surface area contributed by atoms with Crippen molar-refractivity contribution in [2.45, 2.75) is 19.3 Å². The number of aromatic nitrogens is 4. The summed E-state index contributed by atoms with van der Waals surface area (Å²) >= 11 is 0. The SMILES string of the molecule is C[n+]1[c-]n(-c2cccc(Oc3ccc4c5ccccc5n(-c5cc6c(cn5)-c5ccccc5C6(C)C)c4c3)c2)c2ccccc21. The zero-order valence-electron chi connectivity index (χ0n) is 25.3. The average Bonchev–Trinajstić information content (AvgIpc) is 3.66. The molecule has 0 atom stereocenters. The molecule has 0 bridgehead atoms. The van der Waals surface area contributed by atoms with E-state index in [-0.39, 0.29) is 5.41 Å². The molecule has 5 nitrogen and oxygen atoms in total. The minimum absolute atomic E-state index is 0.110. The number of pyridine rings is 1. The number of imidazole rings is 1. The molecular weight excluding hydrogens is 552 g/mol. The van der Waals surface area contributed by atoms with E-state index in [2.05, 4.69) is 132 Å². The Balaban J connectivity index is 1.16. The van der Waals surface area contributed by atoms with Gasteiger partial charge >= 0.3 is 0 Å². The maximum Gasteiger partial charge on any atom is 0.244 e. The minimum atomic E-state index is -0.110. The molecule has 1 aliphatic rings. The van der Waals surface area contributed by atoms with Gasteiger partial charge in [-0.05, 0) is 53.1 Å². The molecule has 0 N–H and O–H groups in total. The fourth-order valence-corrected chi connectivity index (χ4v) is 7.18. The Kier molecular flexibility index (Phi) is 5.39. The molecule has 0 aliphatic heterocycles. The van der Waals surface area contributed by atoms with Crippen LogP contribution in [-0.4, -0.2) is 14.1 Å². The van der Waals surface area contributed by atoms with E-state index in [1.165, 1.54) is 27.6 Å². The second-order valence-electron chi connectivity index (χ2n) is 12.4. The van der Waals surface area contributed by atoms with E-state index in [1.54, 1.807) is 0 Å². The van der Waals surface area contributed by atoms with Gasteiger partial charge in [0.2, 0.25) is 6.33 Å². The molecule has 0 spiro atoms. The lowest BCUT2D eigenvalue weighted by molar-refractivity contribution is -0.649. The van der Waals surface area contributed by atoms with Gasteiger partial charge in [-0.2, -0.15) is 0 Å². The van der Waals surface area contributed by atoms with Crippen molar-refractivity contribution in [1.82, 2.24) is 14.1 Å². The maximum absolute atomic E-state index is 6.54. The molecule has 0 fully saturated rings. The van der Waals surface area contributed by atoms with E-state index in [1.807, 2.05) is 36.0 Å². The first-order chi connectivity index (χ1) is 22.0. The number of para-hydroxylation sites is 3. The summed E-state index contributed by atoms with van der Waals surface area (Å²) in [7, 11) is 2.02. The molecule has 0 amide bonds. The third kappa shape index (κ3) is 3.80. The zero-order chi connectivity index (χ0) is 30.3. The van der Waals surface area contributed by atoms with Crippen LogP contribution in [-0.2, 0) is 12.5 Å². The summed E-state index contributed by atoms with van der Waals surface area (Å²) in [6.45, 7) is 4.61. The summed E-state index contributed by atoms with van der Waals surface area (Å²) in [5.74, 6) is 2.44. The van der Waals surface area contributed by atoms with Crippen LogP contribution in [0.3, 0.4) is 0 Å². The zero-order valence-corrected chi connectivity index (χ0v) is 25.3. The van der Waals surface area contributed by atoms with Crippen molar-refractivity contribution in [2.75, 3.05) is 0 Å². The van der Waals surface area contributed by atoms with Crippen molar-refractivity contribution < 1.29 is 9.30 Å². The van der Waals surface area contributed by atoms with Crippen LogP contribution >= 0.6 is 0 Å². The predicted octanol–water partition coefficient (Wildman–Crippen LogP) is 8.85. The monoisotopic (exact) mass is 582 g/mol. The Morgan fingerprint density at radius 3 is 2.33 bits per heavy atom. The van der Waals surface area contributed by atoms with Crippen LogP contribution in [0.15, 0.2) is 128 Å². The molecule has 9 rings (SSSR count). The molecular formula is C40H30N4O. The molecule has 216 valence electrons. The van der Waals surface area contributed by atoms with E-state index >= 15 is 0 Å². The summed E-state index contributed by atoms with van der Waals surface area (Å²) in [5.41, 5.74) is 10.4. The Hall–Kier alpha value is -5.68. The summed E-state index contributed by atoms with van der Waals surface area (Å²) in [4.78, 5) is 5.06. The third-order valence-electron chi connectivity index (χ3n) is 9.37. The largest absolute Gasteiger partial charge is 0.458 e. The van der Waals surface area contributed by atoms with Crippen molar-refractivity contribution in [2.24, 2.45) is 7.05 Å². The normalized spacial score (nSPS) is 13.4. The van der Waals surface area contributed by atoms with Crippen LogP contribution < -0.4 is 9.30 Å². The van der Waals surface area contributed by atoms with Crippen LogP contribution in [0.5, 0.6) is 11.5 Å². The Morgan fingerprint density at radius 1 is 0.667 bits per heavy atom. The van der Waals surface area contributed by atoms with Crippen LogP contribution in [0.1, 0.15) is 25.0 Å². The second kappa shape index (κ2) is 9.41. The van der Waals surface area contributed by atoms with E-state index in [0.29, 0.717) is 0 Å². The molecule has 5 heteroatoms. The fraction of sp³-hybridized carbons (Fsp3) is 0.100. The highest BCUT2D eigenvalue weighted by Gasteiger charge is 2.36. The highest BCUT2D eigenvalue weighted by atomic mass is 16.5. The smallest absolute Gasteiger partial charge is 0.244 e. The quantitative estimate of drug-likeness (QED) is 0.154. The van der Waals surface area contributed by atoms with Crippen LogP contribution in [0.4, 0.5) is 0 Å². The van der Waals surface area contributed by atoms with Gasteiger partial charge in [-0.1, -0.05) is 92.7 Å². The van der Waals surface area contributed by atoms with Gasteiger partial charge in [-0.3, -0.25) is 4.57 Å². The first kappa shape index (κ1) is 25.8. The van der Waals surface area contributed by atoms with E-state index in [0.717, 1.165) is 50.5 Å². The summed E-state index contributed by atoms with van der Waals surface area (Å²) in [6, 6.07) is 42.3. The van der Waals surface area contributed by atoms with Crippen LogP contribution in [0.25, 0.3) is 55.5 Å². The summed E-state index contributed by atoms with van der Waals surface area (Å²) in [5, 5.41) is 2.35. The van der Waals surface area contributed by atoms with Gasteiger partial charge in [-0.25, -0.2) is 4.98 Å². The van der Waals surface area contributed by atoms with Gasteiger partial charge in [0.1, 0.15) is 17.3 Å². The number of ether oxygens (including phenoxy) is 1. The molecule has 3 heterocycles.